The Hall–Kier alpha value is -1.55. The van der Waals surface area contributed by atoms with Crippen LogP contribution in [0.2, 0.25) is 0 Å². The number of hydrogen-bond acceptors (Lipinski definition) is 3. The lowest BCUT2D eigenvalue weighted by atomic mass is 9.99. The van der Waals surface area contributed by atoms with Gasteiger partial charge in [0.25, 0.3) is 0 Å². The summed E-state index contributed by atoms with van der Waals surface area (Å²) >= 11 is 0. The zero-order chi connectivity index (χ0) is 14.6. The number of rotatable bonds is 5. The Morgan fingerprint density at radius 3 is 2.95 bits per heavy atom. The van der Waals surface area contributed by atoms with Crippen molar-refractivity contribution in [1.29, 1.82) is 0 Å². The van der Waals surface area contributed by atoms with Crippen molar-refractivity contribution in [3.05, 3.63) is 23.8 Å². The van der Waals surface area contributed by atoms with Crippen LogP contribution < -0.4 is 15.4 Å². The smallest absolute Gasteiger partial charge is 0.244 e. The van der Waals surface area contributed by atoms with Gasteiger partial charge in [0.15, 0.2) is 0 Å². The van der Waals surface area contributed by atoms with Gasteiger partial charge in [0.1, 0.15) is 5.75 Å². The minimum Gasteiger partial charge on any atom is -0.491 e. The monoisotopic (exact) mass is 276 g/mol. The van der Waals surface area contributed by atoms with Gasteiger partial charge in [0.2, 0.25) is 5.91 Å². The van der Waals surface area contributed by atoms with Crippen LogP contribution in [0.3, 0.4) is 0 Å². The van der Waals surface area contributed by atoms with Gasteiger partial charge < -0.3 is 15.4 Å². The first kappa shape index (κ1) is 14.9. The molecule has 1 heterocycles. The van der Waals surface area contributed by atoms with Crippen molar-refractivity contribution in [3.8, 4) is 5.75 Å². The minimum atomic E-state index is -0.465. The third-order valence-electron chi connectivity index (χ3n) is 3.72. The van der Waals surface area contributed by atoms with Gasteiger partial charge in [-0.05, 0) is 57.4 Å². The summed E-state index contributed by atoms with van der Waals surface area (Å²) in [5.41, 5.74) is 1.41. The number of nitrogens with one attached hydrogen (secondary N) is 2. The topological polar surface area (TPSA) is 50.4 Å². The fraction of sp³-hybridized carbons (Fsp3) is 0.562. The maximum Gasteiger partial charge on any atom is 0.244 e. The SMILES string of the molecule is CCCOc1cc(C)ccc1NC(=O)C1(C)CCCN1. The standard InChI is InChI=1S/C16H24N2O2/c1-4-10-20-14-11-12(2)6-7-13(14)18-15(19)16(3)8-5-9-17-16/h6-7,11,17H,4-5,8-10H2,1-3H3,(H,18,19). The Balaban J connectivity index is 2.13. The Kier molecular flexibility index (Phi) is 4.65. The first-order chi connectivity index (χ1) is 9.55. The Labute approximate surface area is 120 Å². The highest BCUT2D eigenvalue weighted by Gasteiger charge is 2.36. The highest BCUT2D eigenvalue weighted by molar-refractivity contribution is 5.99. The summed E-state index contributed by atoms with van der Waals surface area (Å²) < 4.78 is 5.73. The van der Waals surface area contributed by atoms with Crippen molar-refractivity contribution in [2.75, 3.05) is 18.5 Å². The normalized spacial score (nSPS) is 21.8. The van der Waals surface area contributed by atoms with E-state index >= 15 is 0 Å². The predicted molar refractivity (Wildman–Crippen MR) is 81.2 cm³/mol. The molecule has 1 aromatic rings. The van der Waals surface area contributed by atoms with Crippen LogP contribution in [0.4, 0.5) is 5.69 Å². The number of ether oxygens (including phenoxy) is 1. The third-order valence-corrected chi connectivity index (χ3v) is 3.72. The van der Waals surface area contributed by atoms with Crippen molar-refractivity contribution in [2.45, 2.75) is 45.6 Å². The average molecular weight is 276 g/mol. The molecule has 0 aromatic heterocycles. The molecule has 4 nitrogen and oxygen atoms in total. The fourth-order valence-corrected chi connectivity index (χ4v) is 2.41. The lowest BCUT2D eigenvalue weighted by Gasteiger charge is -2.24. The molecule has 0 bridgehead atoms. The molecule has 0 radical (unpaired) electrons. The van der Waals surface area contributed by atoms with Crippen LogP contribution >= 0.6 is 0 Å². The number of hydrogen-bond donors (Lipinski definition) is 2. The maximum atomic E-state index is 12.4. The second kappa shape index (κ2) is 6.27. The molecule has 1 saturated heterocycles. The molecular weight excluding hydrogens is 252 g/mol. The van der Waals surface area contributed by atoms with Gasteiger partial charge in [0.05, 0.1) is 17.8 Å². The number of carbonyl (C=O) groups is 1. The van der Waals surface area contributed by atoms with Crippen LogP contribution in [0.15, 0.2) is 18.2 Å². The summed E-state index contributed by atoms with van der Waals surface area (Å²) in [6.45, 7) is 7.59. The van der Waals surface area contributed by atoms with Crippen LogP contribution in [-0.4, -0.2) is 24.6 Å². The molecule has 4 heteroatoms. The highest BCUT2D eigenvalue weighted by Crippen LogP contribution is 2.28. The zero-order valence-electron chi connectivity index (χ0n) is 12.6. The molecule has 1 aliphatic rings. The second-order valence-corrected chi connectivity index (χ2v) is 5.66. The van der Waals surface area contributed by atoms with Crippen molar-refractivity contribution in [1.82, 2.24) is 5.32 Å². The van der Waals surface area contributed by atoms with Crippen molar-refractivity contribution < 1.29 is 9.53 Å². The van der Waals surface area contributed by atoms with Crippen molar-refractivity contribution in [2.24, 2.45) is 0 Å². The molecule has 0 spiro atoms. The van der Waals surface area contributed by atoms with Gasteiger partial charge >= 0.3 is 0 Å². The molecule has 110 valence electrons. The number of carbonyl (C=O) groups excluding carboxylic acids is 1. The molecule has 1 fully saturated rings. The first-order valence-electron chi connectivity index (χ1n) is 7.35. The van der Waals surface area contributed by atoms with Gasteiger partial charge in [-0.2, -0.15) is 0 Å². The van der Waals surface area contributed by atoms with Gasteiger partial charge in [-0.25, -0.2) is 0 Å². The fourth-order valence-electron chi connectivity index (χ4n) is 2.41. The van der Waals surface area contributed by atoms with E-state index in [4.69, 9.17) is 4.74 Å². The lowest BCUT2D eigenvalue weighted by molar-refractivity contribution is -0.121. The maximum absolute atomic E-state index is 12.4. The summed E-state index contributed by atoms with van der Waals surface area (Å²) in [5.74, 6) is 0.766. The summed E-state index contributed by atoms with van der Waals surface area (Å²) in [5, 5.41) is 6.28. The lowest BCUT2D eigenvalue weighted by Crippen LogP contribution is -2.48. The van der Waals surface area contributed by atoms with E-state index in [0.717, 1.165) is 42.8 Å². The van der Waals surface area contributed by atoms with Gasteiger partial charge in [-0.15, -0.1) is 0 Å². The van der Waals surface area contributed by atoms with Gasteiger partial charge in [0, 0.05) is 0 Å². The molecule has 1 amide bonds. The highest BCUT2D eigenvalue weighted by atomic mass is 16.5. The van der Waals surface area contributed by atoms with Crippen molar-refractivity contribution >= 4 is 11.6 Å². The van der Waals surface area contributed by atoms with E-state index in [-0.39, 0.29) is 5.91 Å². The molecule has 20 heavy (non-hydrogen) atoms. The number of aryl methyl sites for hydroxylation is 1. The average Bonchev–Trinajstić information content (AvgIpc) is 2.87. The number of anilines is 1. The molecule has 1 atom stereocenters. The molecule has 2 N–H and O–H groups in total. The largest absolute Gasteiger partial charge is 0.491 e. The number of benzene rings is 1. The predicted octanol–water partition coefficient (Wildman–Crippen LogP) is 2.86. The third kappa shape index (κ3) is 3.31. The molecule has 2 rings (SSSR count). The Bertz CT molecular complexity index is 479. The van der Waals surface area contributed by atoms with E-state index in [9.17, 15) is 4.79 Å². The summed E-state index contributed by atoms with van der Waals surface area (Å²) in [6, 6.07) is 5.87. The molecule has 1 unspecified atom stereocenters. The Morgan fingerprint density at radius 2 is 2.30 bits per heavy atom. The van der Waals surface area contributed by atoms with Crippen LogP contribution in [0.25, 0.3) is 0 Å². The van der Waals surface area contributed by atoms with Crippen LogP contribution in [0, 0.1) is 6.92 Å². The second-order valence-electron chi connectivity index (χ2n) is 5.66. The molecular formula is C16H24N2O2. The molecule has 1 aliphatic heterocycles. The zero-order valence-corrected chi connectivity index (χ0v) is 12.6. The van der Waals surface area contributed by atoms with E-state index in [1.807, 2.05) is 32.0 Å². The van der Waals surface area contributed by atoms with Crippen LogP contribution in [-0.2, 0) is 4.79 Å². The summed E-state index contributed by atoms with van der Waals surface area (Å²) in [4.78, 5) is 12.4. The van der Waals surface area contributed by atoms with E-state index in [2.05, 4.69) is 17.6 Å². The van der Waals surface area contributed by atoms with Gasteiger partial charge in [-0.3, -0.25) is 4.79 Å². The Morgan fingerprint density at radius 1 is 1.50 bits per heavy atom. The van der Waals surface area contributed by atoms with Crippen molar-refractivity contribution in [3.63, 3.8) is 0 Å². The van der Waals surface area contributed by atoms with E-state index in [1.165, 1.54) is 0 Å². The summed E-state index contributed by atoms with van der Waals surface area (Å²) in [7, 11) is 0. The van der Waals surface area contributed by atoms with E-state index in [1.54, 1.807) is 0 Å². The summed E-state index contributed by atoms with van der Waals surface area (Å²) in [6.07, 6.45) is 2.85. The van der Waals surface area contributed by atoms with Crippen LogP contribution in [0.1, 0.15) is 38.7 Å². The van der Waals surface area contributed by atoms with Crippen LogP contribution in [0.5, 0.6) is 5.75 Å². The molecule has 1 aromatic carbocycles. The minimum absolute atomic E-state index is 0.0141. The quantitative estimate of drug-likeness (QED) is 0.869. The first-order valence-corrected chi connectivity index (χ1v) is 7.35. The number of amides is 1. The van der Waals surface area contributed by atoms with E-state index < -0.39 is 5.54 Å². The molecule has 0 saturated carbocycles. The molecule has 0 aliphatic carbocycles. The van der Waals surface area contributed by atoms with E-state index in [0.29, 0.717) is 6.61 Å². The van der Waals surface area contributed by atoms with Gasteiger partial charge in [-0.1, -0.05) is 13.0 Å².